The van der Waals surface area contributed by atoms with E-state index >= 15 is 0 Å². The second-order valence-corrected chi connectivity index (χ2v) is 12.1. The highest BCUT2D eigenvalue weighted by Gasteiger charge is 2.54. The van der Waals surface area contributed by atoms with Crippen LogP contribution in [0.3, 0.4) is 0 Å². The molecule has 2 heterocycles. The minimum absolute atomic E-state index is 0.0115. The van der Waals surface area contributed by atoms with Crippen molar-refractivity contribution in [2.75, 3.05) is 25.0 Å². The number of halogens is 6. The Morgan fingerprint density at radius 1 is 0.952 bits per heavy atom. The van der Waals surface area contributed by atoms with Gasteiger partial charge in [0.1, 0.15) is 5.75 Å². The van der Waals surface area contributed by atoms with Gasteiger partial charge in [0.05, 0.1) is 24.3 Å². The van der Waals surface area contributed by atoms with Gasteiger partial charge in [-0.05, 0) is 73.2 Å². The van der Waals surface area contributed by atoms with Crippen LogP contribution in [-0.2, 0) is 16.6 Å². The fraction of sp³-hybridized carbons (Fsp3) is 0.387. The van der Waals surface area contributed by atoms with Gasteiger partial charge in [-0.15, -0.1) is 0 Å². The maximum atomic E-state index is 14.7. The molecule has 0 aliphatic carbocycles. The Labute approximate surface area is 261 Å². The molecule has 2 atom stereocenters. The molecule has 2 N–H and O–H groups in total. The maximum absolute atomic E-state index is 14.7. The Kier molecular flexibility index (Phi) is 9.45. The molecule has 2 aliphatic heterocycles. The molecule has 11 heteroatoms. The summed E-state index contributed by atoms with van der Waals surface area (Å²) in [5.41, 5.74) is -0.448. The number of hydrogen-bond donors (Lipinski definition) is 2. The summed E-state index contributed by atoms with van der Waals surface area (Å²) in [7, 11) is 0. The number of piperidine rings is 1. The van der Waals surface area contributed by atoms with Gasteiger partial charge in [-0.1, -0.05) is 69.5 Å². The third kappa shape index (κ3) is 6.31. The number of carbonyl (C=O) groups excluding carboxylic acids is 1. The minimum atomic E-state index is -4.58. The van der Waals surface area contributed by atoms with Crippen LogP contribution in [0.25, 0.3) is 0 Å². The summed E-state index contributed by atoms with van der Waals surface area (Å²) in [5, 5.41) is 9.07. The molecule has 0 saturated carbocycles. The summed E-state index contributed by atoms with van der Waals surface area (Å²) in [4.78, 5) is 16.5. The zero-order valence-electron chi connectivity index (χ0n) is 22.9. The van der Waals surface area contributed by atoms with Gasteiger partial charge in [0.2, 0.25) is 0 Å². The van der Waals surface area contributed by atoms with Crippen molar-refractivity contribution in [1.29, 1.82) is 0 Å². The fourth-order valence-corrected chi connectivity index (χ4v) is 6.67. The van der Waals surface area contributed by atoms with Crippen molar-refractivity contribution in [2.45, 2.75) is 43.7 Å². The number of likely N-dealkylation sites (tertiary alicyclic amines) is 1. The fourth-order valence-electron chi connectivity index (χ4n) is 5.77. The van der Waals surface area contributed by atoms with Crippen molar-refractivity contribution in [3.63, 3.8) is 0 Å². The Bertz CT molecular complexity index is 1340. The smallest absolute Gasteiger partial charge is 0.416 e. The van der Waals surface area contributed by atoms with Gasteiger partial charge in [0.25, 0.3) is 5.91 Å². The Balaban J connectivity index is 1.67. The van der Waals surface area contributed by atoms with E-state index in [1.165, 1.54) is 6.07 Å². The number of ether oxygens (including phenoxy) is 1. The topological polar surface area (TPSA) is 53.6 Å². The molecule has 5 nitrogen and oxygen atoms in total. The van der Waals surface area contributed by atoms with Crippen molar-refractivity contribution in [1.82, 2.24) is 15.5 Å². The lowest BCUT2D eigenvalue weighted by molar-refractivity contribution is -0.141. The Morgan fingerprint density at radius 2 is 1.48 bits per heavy atom. The van der Waals surface area contributed by atoms with Gasteiger partial charge in [0.15, 0.2) is 5.66 Å². The van der Waals surface area contributed by atoms with Crippen LogP contribution in [0.5, 0.6) is 5.75 Å². The molecule has 0 aromatic heterocycles. The van der Waals surface area contributed by atoms with Crippen molar-refractivity contribution in [2.24, 2.45) is 5.92 Å². The highest BCUT2D eigenvalue weighted by Crippen LogP contribution is 2.46. The first kappa shape index (κ1) is 31.1. The molecule has 0 radical (unpaired) electrons. The van der Waals surface area contributed by atoms with Gasteiger partial charge in [0, 0.05) is 34.0 Å². The predicted molar refractivity (Wildman–Crippen MR) is 162 cm³/mol. The number of benzene rings is 3. The van der Waals surface area contributed by atoms with Crippen molar-refractivity contribution < 1.29 is 22.7 Å². The third-order valence-electron chi connectivity index (χ3n) is 7.99. The third-order valence-corrected chi connectivity index (χ3v) is 9.41. The first-order chi connectivity index (χ1) is 20.1. The van der Waals surface area contributed by atoms with E-state index in [-0.39, 0.29) is 18.3 Å². The number of carbonyl (C=O) groups is 1. The summed E-state index contributed by atoms with van der Waals surface area (Å²) < 4.78 is 47.1. The van der Waals surface area contributed by atoms with E-state index in [9.17, 15) is 18.0 Å². The zero-order valence-corrected chi connectivity index (χ0v) is 26.0. The molecule has 0 spiro atoms. The van der Waals surface area contributed by atoms with Gasteiger partial charge in [-0.25, -0.2) is 0 Å². The van der Waals surface area contributed by atoms with Crippen LogP contribution in [0.1, 0.15) is 54.1 Å². The molecule has 1 amide bonds. The van der Waals surface area contributed by atoms with Crippen LogP contribution < -0.4 is 15.4 Å². The summed E-state index contributed by atoms with van der Waals surface area (Å²) in [6, 6.07) is 17.0. The SMILES string of the molecule is CCOc1cc(C(F)(F)F)ccc1C1(C(=O)N2CCC(CBr)CC2)NC(c2ccc(Cl)cc2)C(c2ccc(Cl)cc2)N1. The lowest BCUT2D eigenvalue weighted by Crippen LogP contribution is -2.60. The number of nitrogens with one attached hydrogen (secondary N) is 2. The first-order valence-corrected chi connectivity index (χ1v) is 15.7. The summed E-state index contributed by atoms with van der Waals surface area (Å²) >= 11 is 16.0. The molecule has 3 aromatic carbocycles. The van der Waals surface area contributed by atoms with Gasteiger partial charge >= 0.3 is 6.18 Å². The average molecular weight is 685 g/mol. The van der Waals surface area contributed by atoms with Crippen LogP contribution in [0.2, 0.25) is 10.0 Å². The Morgan fingerprint density at radius 3 is 1.93 bits per heavy atom. The molecule has 3 aromatic rings. The van der Waals surface area contributed by atoms with Gasteiger partial charge in [-0.3, -0.25) is 15.4 Å². The summed E-state index contributed by atoms with van der Waals surface area (Å²) in [5.74, 6) is 0.164. The number of hydrogen-bond acceptors (Lipinski definition) is 4. The molecule has 2 saturated heterocycles. The second kappa shape index (κ2) is 12.7. The van der Waals surface area contributed by atoms with E-state index in [0.717, 1.165) is 41.4 Å². The normalized spacial score (nSPS) is 23.3. The number of alkyl halides is 4. The van der Waals surface area contributed by atoms with Crippen LogP contribution in [0.4, 0.5) is 13.2 Å². The van der Waals surface area contributed by atoms with E-state index in [2.05, 4.69) is 26.6 Å². The van der Waals surface area contributed by atoms with Crippen LogP contribution in [0, 0.1) is 5.92 Å². The molecular weight excluding hydrogens is 654 g/mol. The molecule has 224 valence electrons. The molecule has 2 fully saturated rings. The molecule has 2 unspecified atom stereocenters. The molecule has 0 bridgehead atoms. The standard InChI is InChI=1S/C31H31BrCl2F3N3O2/c1-2-42-26-17-22(31(35,36)37)7-12-25(26)30(29(41)40-15-13-19(18-32)14-16-40)38-27(20-3-8-23(33)9-4-20)28(39-30)21-5-10-24(34)11-6-21/h3-12,17,19,27-28,38-39H,2,13-16,18H2,1H3. The highest BCUT2D eigenvalue weighted by atomic mass is 79.9. The van der Waals surface area contributed by atoms with Crippen LogP contribution in [0.15, 0.2) is 66.7 Å². The molecule has 5 rings (SSSR count). The van der Waals surface area contributed by atoms with Gasteiger partial charge in [-0.2, -0.15) is 13.2 Å². The highest BCUT2D eigenvalue weighted by molar-refractivity contribution is 9.09. The van der Waals surface area contributed by atoms with Crippen molar-refractivity contribution >= 4 is 45.0 Å². The number of rotatable bonds is 7. The van der Waals surface area contributed by atoms with E-state index in [0.29, 0.717) is 34.6 Å². The lowest BCUT2D eigenvalue weighted by atomic mass is 9.92. The minimum Gasteiger partial charge on any atom is -0.493 e. The van der Waals surface area contributed by atoms with Crippen LogP contribution in [-0.4, -0.2) is 35.8 Å². The molecular formula is C31H31BrCl2F3N3O2. The second-order valence-electron chi connectivity index (χ2n) is 10.6. The van der Waals surface area contributed by atoms with E-state index in [1.54, 1.807) is 36.1 Å². The maximum Gasteiger partial charge on any atom is 0.416 e. The average Bonchev–Trinajstić information content (AvgIpc) is 3.39. The molecule has 42 heavy (non-hydrogen) atoms. The van der Waals surface area contributed by atoms with Crippen LogP contribution >= 0.6 is 39.1 Å². The monoisotopic (exact) mass is 683 g/mol. The van der Waals surface area contributed by atoms with Crippen molar-refractivity contribution in [3.8, 4) is 5.75 Å². The number of nitrogens with zero attached hydrogens (tertiary/aromatic N) is 1. The Hall–Kier alpha value is -2.30. The largest absolute Gasteiger partial charge is 0.493 e. The van der Waals surface area contributed by atoms with E-state index in [4.69, 9.17) is 27.9 Å². The zero-order chi connectivity index (χ0) is 30.1. The first-order valence-electron chi connectivity index (χ1n) is 13.8. The molecule has 2 aliphatic rings. The number of amides is 1. The van der Waals surface area contributed by atoms with Crippen molar-refractivity contribution in [3.05, 3.63) is 99.0 Å². The summed E-state index contributed by atoms with van der Waals surface area (Å²) in [6.07, 6.45) is -2.94. The van der Waals surface area contributed by atoms with Gasteiger partial charge < -0.3 is 9.64 Å². The quantitative estimate of drug-likeness (QED) is 0.249. The lowest BCUT2D eigenvalue weighted by Gasteiger charge is -2.39. The van der Waals surface area contributed by atoms with E-state index in [1.807, 2.05) is 24.3 Å². The summed E-state index contributed by atoms with van der Waals surface area (Å²) in [6.45, 7) is 2.88. The predicted octanol–water partition coefficient (Wildman–Crippen LogP) is 7.87. The van der Waals surface area contributed by atoms with E-state index < -0.39 is 29.5 Å².